The minimum absolute atomic E-state index is 0.0590. The van der Waals surface area contributed by atoms with Crippen LogP contribution < -0.4 is 16.0 Å². The van der Waals surface area contributed by atoms with Gasteiger partial charge in [-0.15, -0.1) is 0 Å². The number of alkyl carbamates (subject to hydrolysis) is 2. The summed E-state index contributed by atoms with van der Waals surface area (Å²) in [6.07, 6.45) is 6.00. The van der Waals surface area contributed by atoms with Crippen molar-refractivity contribution >= 4 is 30.0 Å². The molecule has 2 bridgehead atoms. The van der Waals surface area contributed by atoms with Gasteiger partial charge in [0.25, 0.3) is 0 Å². The zero-order chi connectivity index (χ0) is 42.3. The molecule has 4 amide bonds. The van der Waals surface area contributed by atoms with E-state index < -0.39 is 35.5 Å². The minimum Gasteiger partial charge on any atom is -0.461 e. The third-order valence-electron chi connectivity index (χ3n) is 10.9. The Morgan fingerprint density at radius 2 is 1.29 bits per heavy atom. The second kappa shape index (κ2) is 22.0. The maximum atomic E-state index is 14.5. The zero-order valence-electron chi connectivity index (χ0n) is 35.9. The Labute approximate surface area is 345 Å². The van der Waals surface area contributed by atoms with Crippen molar-refractivity contribution in [3.63, 3.8) is 0 Å². The van der Waals surface area contributed by atoms with Crippen LogP contribution in [0.3, 0.4) is 0 Å². The van der Waals surface area contributed by atoms with Gasteiger partial charge in [0, 0.05) is 31.5 Å². The quantitative estimate of drug-likeness (QED) is 0.0689. The van der Waals surface area contributed by atoms with E-state index in [0.29, 0.717) is 69.9 Å². The van der Waals surface area contributed by atoms with Crippen LogP contribution in [0.4, 0.5) is 9.59 Å². The monoisotopic (exact) mass is 805 g/mol. The largest absolute Gasteiger partial charge is 0.461 e. The molecule has 0 spiro atoms. The van der Waals surface area contributed by atoms with E-state index in [2.05, 4.69) is 40.2 Å². The Morgan fingerprint density at radius 3 is 1.91 bits per heavy atom. The predicted octanol–water partition coefficient (Wildman–Crippen LogP) is 8.18. The first-order valence-electron chi connectivity index (χ1n) is 21.4. The molecule has 3 N–H and O–H groups in total. The van der Waals surface area contributed by atoms with E-state index in [1.807, 2.05) is 48.2 Å². The Hall–Kier alpha value is -4.61. The van der Waals surface area contributed by atoms with E-state index >= 15 is 0 Å². The van der Waals surface area contributed by atoms with Crippen LogP contribution in [0.5, 0.6) is 0 Å². The van der Waals surface area contributed by atoms with E-state index in [-0.39, 0.29) is 42.8 Å². The van der Waals surface area contributed by atoms with Gasteiger partial charge in [0.15, 0.2) is 0 Å². The van der Waals surface area contributed by atoms with E-state index in [9.17, 15) is 24.0 Å². The zero-order valence-corrected chi connectivity index (χ0v) is 35.9. The first-order chi connectivity index (χ1) is 27.5. The predicted molar refractivity (Wildman–Crippen MR) is 224 cm³/mol. The van der Waals surface area contributed by atoms with Crippen LogP contribution in [-0.2, 0) is 35.2 Å². The topological polar surface area (TPSA) is 152 Å². The van der Waals surface area contributed by atoms with Gasteiger partial charge in [-0.25, -0.2) is 9.59 Å². The number of benzene rings is 2. The molecule has 58 heavy (non-hydrogen) atoms. The molecule has 0 heterocycles. The molecule has 4 rings (SSSR count). The molecule has 2 aromatic carbocycles. The third-order valence-corrected chi connectivity index (χ3v) is 10.9. The van der Waals surface area contributed by atoms with Crippen LogP contribution in [-0.4, -0.2) is 77.3 Å². The standard InChI is InChI=1S/C46H68N4O8/c1-8-50(40-35-28-27-34(30-35)39(40)33-22-14-10-15-23-33)42(53)37(49-44(55)58-46(5,6)7)25-18-19-29-47-41(52)36(48-43(54)57-45(2,3)4)24-16-11-17-26-38(51)56-31-32-20-12-9-13-21-32/h9-10,12-15,20-23,34-37,39-40H,8,11,16-19,24-31H2,1-7H3,(H,47,52)(H,48,54)(H,49,55)/t34?,35?,36-,37-,39?,40?/m0/s1. The molecule has 2 aliphatic rings. The van der Waals surface area contributed by atoms with E-state index in [4.69, 9.17) is 14.2 Å². The van der Waals surface area contributed by atoms with Gasteiger partial charge in [-0.2, -0.15) is 0 Å². The molecule has 0 radical (unpaired) electrons. The number of amides is 4. The highest BCUT2D eigenvalue weighted by molar-refractivity contribution is 5.86. The van der Waals surface area contributed by atoms with Crippen LogP contribution in [0.2, 0.25) is 0 Å². The number of carbonyl (C=O) groups is 5. The highest BCUT2D eigenvalue weighted by Crippen LogP contribution is 2.55. The van der Waals surface area contributed by atoms with Crippen molar-refractivity contribution in [2.75, 3.05) is 13.1 Å². The number of nitrogens with zero attached hydrogens (tertiary/aromatic N) is 1. The molecule has 4 unspecified atom stereocenters. The lowest BCUT2D eigenvalue weighted by atomic mass is 9.78. The summed E-state index contributed by atoms with van der Waals surface area (Å²) >= 11 is 0. The number of unbranched alkanes of at least 4 members (excludes halogenated alkanes) is 3. The number of hydrogen-bond acceptors (Lipinski definition) is 8. The fourth-order valence-corrected chi connectivity index (χ4v) is 8.41. The Bertz CT molecular complexity index is 1620. The summed E-state index contributed by atoms with van der Waals surface area (Å²) in [7, 11) is 0. The molecule has 2 aromatic rings. The smallest absolute Gasteiger partial charge is 0.408 e. The van der Waals surface area contributed by atoms with Crippen molar-refractivity contribution in [3.8, 4) is 0 Å². The molecule has 320 valence electrons. The van der Waals surface area contributed by atoms with Crippen LogP contribution in [0.25, 0.3) is 0 Å². The van der Waals surface area contributed by atoms with Crippen LogP contribution in [0, 0.1) is 11.8 Å². The molecule has 12 nitrogen and oxygen atoms in total. The molecular weight excluding hydrogens is 737 g/mol. The normalized spacial score (nSPS) is 19.7. The maximum Gasteiger partial charge on any atom is 0.408 e. The summed E-state index contributed by atoms with van der Waals surface area (Å²) in [5.41, 5.74) is 0.722. The lowest BCUT2D eigenvalue weighted by molar-refractivity contribution is -0.145. The molecule has 2 fully saturated rings. The maximum absolute atomic E-state index is 14.5. The fraction of sp³-hybridized carbons (Fsp3) is 0.630. The van der Waals surface area contributed by atoms with Crippen LogP contribution in [0.1, 0.15) is 136 Å². The number of fused-ring (bicyclic) bond motifs is 2. The van der Waals surface area contributed by atoms with Crippen molar-refractivity contribution in [2.45, 2.75) is 161 Å². The highest BCUT2D eigenvalue weighted by Gasteiger charge is 2.51. The van der Waals surface area contributed by atoms with Crippen molar-refractivity contribution < 1.29 is 38.2 Å². The first-order valence-corrected chi connectivity index (χ1v) is 21.4. The Balaban J connectivity index is 1.32. The van der Waals surface area contributed by atoms with Gasteiger partial charge >= 0.3 is 18.2 Å². The highest BCUT2D eigenvalue weighted by atomic mass is 16.6. The van der Waals surface area contributed by atoms with E-state index in [1.165, 1.54) is 5.56 Å². The number of hydrogen-bond donors (Lipinski definition) is 3. The van der Waals surface area contributed by atoms with Gasteiger partial charge < -0.3 is 35.1 Å². The van der Waals surface area contributed by atoms with E-state index in [1.54, 1.807) is 41.5 Å². The van der Waals surface area contributed by atoms with Gasteiger partial charge in [0.05, 0.1) is 0 Å². The molecule has 6 atom stereocenters. The summed E-state index contributed by atoms with van der Waals surface area (Å²) in [6, 6.07) is 18.4. The fourth-order valence-electron chi connectivity index (χ4n) is 8.41. The third kappa shape index (κ3) is 15.0. The van der Waals surface area contributed by atoms with Crippen molar-refractivity contribution in [1.29, 1.82) is 0 Å². The van der Waals surface area contributed by atoms with Crippen molar-refractivity contribution in [1.82, 2.24) is 20.9 Å². The summed E-state index contributed by atoms with van der Waals surface area (Å²) < 4.78 is 16.4. The average molecular weight is 805 g/mol. The molecule has 0 aliphatic heterocycles. The number of nitrogens with one attached hydrogen (secondary N) is 3. The van der Waals surface area contributed by atoms with Crippen LogP contribution in [0.15, 0.2) is 60.7 Å². The Kier molecular flexibility index (Phi) is 17.4. The number of esters is 1. The van der Waals surface area contributed by atoms with E-state index in [0.717, 1.165) is 24.8 Å². The van der Waals surface area contributed by atoms with Gasteiger partial charge in [-0.05, 0) is 123 Å². The first kappa shape index (κ1) is 46.1. The molecule has 2 aliphatic carbocycles. The van der Waals surface area contributed by atoms with Gasteiger partial charge in [0.1, 0.15) is 29.9 Å². The molecular formula is C46H68N4O8. The van der Waals surface area contributed by atoms with Crippen molar-refractivity contribution in [3.05, 3.63) is 71.8 Å². The van der Waals surface area contributed by atoms with Crippen LogP contribution >= 0.6 is 0 Å². The van der Waals surface area contributed by atoms with Gasteiger partial charge in [-0.1, -0.05) is 73.5 Å². The van der Waals surface area contributed by atoms with Gasteiger partial charge in [-0.3, -0.25) is 14.4 Å². The number of rotatable bonds is 20. The number of ether oxygens (including phenoxy) is 3. The lowest BCUT2D eigenvalue weighted by Gasteiger charge is -2.41. The average Bonchev–Trinajstić information content (AvgIpc) is 3.78. The molecule has 2 saturated carbocycles. The minimum atomic E-state index is -0.833. The summed E-state index contributed by atoms with van der Waals surface area (Å²) in [6.45, 7) is 13.7. The second-order valence-corrected chi connectivity index (χ2v) is 17.8. The summed E-state index contributed by atoms with van der Waals surface area (Å²) in [4.78, 5) is 67.9. The molecule has 12 heteroatoms. The molecule has 0 aromatic heterocycles. The van der Waals surface area contributed by atoms with Crippen molar-refractivity contribution in [2.24, 2.45) is 11.8 Å². The van der Waals surface area contributed by atoms with Gasteiger partial charge in [0.2, 0.25) is 11.8 Å². The summed E-state index contributed by atoms with van der Waals surface area (Å²) in [5, 5.41) is 8.56. The molecule has 0 saturated heterocycles. The number of likely N-dealkylation sites (N-methyl/N-ethyl adjacent to an activating group) is 1. The summed E-state index contributed by atoms with van der Waals surface area (Å²) in [5.74, 6) is 0.474. The number of carbonyl (C=O) groups excluding carboxylic acids is 5. The SMILES string of the molecule is CCN(C(=O)[C@H](CCCCNC(=O)[C@H](CCCCCC(=O)OCc1ccccc1)NC(=O)OC(C)(C)C)NC(=O)OC(C)(C)C)C1C2CCC(C2)C1c1ccccc1. The second-order valence-electron chi connectivity index (χ2n) is 17.8. The lowest BCUT2D eigenvalue weighted by Crippen LogP contribution is -2.55. The Morgan fingerprint density at radius 1 is 0.724 bits per heavy atom.